The number of rotatable bonds is 2. The van der Waals surface area contributed by atoms with Crippen molar-refractivity contribution in [3.05, 3.63) is 0 Å². The van der Waals surface area contributed by atoms with Crippen molar-refractivity contribution in [3.63, 3.8) is 0 Å². The SMILES string of the molecule is CCO[SiH](C)C.[H+]. The van der Waals surface area contributed by atoms with Gasteiger partial charge in [0.15, 0.2) is 9.04 Å². The average Bonchev–Trinajstić information content (AvgIpc) is 1.35. The van der Waals surface area contributed by atoms with Gasteiger partial charge in [0.05, 0.1) is 0 Å². The summed E-state index contributed by atoms with van der Waals surface area (Å²) in [6.07, 6.45) is 0. The minimum absolute atomic E-state index is 0. The lowest BCUT2D eigenvalue weighted by Crippen LogP contribution is -2.05. The lowest BCUT2D eigenvalue weighted by atomic mass is 10.9. The molecule has 0 radical (unpaired) electrons. The van der Waals surface area contributed by atoms with E-state index in [1.165, 1.54) is 0 Å². The monoisotopic (exact) mass is 105 g/mol. The Balaban J connectivity index is 0. The maximum atomic E-state index is 5.18. The van der Waals surface area contributed by atoms with Crippen molar-refractivity contribution >= 4 is 9.04 Å². The number of hydrogen-bond acceptors (Lipinski definition) is 1. The normalized spacial score (nSPS) is 10.0. The zero-order valence-electron chi connectivity index (χ0n) is 5.69. The maximum absolute atomic E-state index is 5.18. The van der Waals surface area contributed by atoms with E-state index in [4.69, 9.17) is 4.43 Å². The zero-order valence-corrected chi connectivity index (χ0v) is 5.85. The van der Waals surface area contributed by atoms with Gasteiger partial charge in [-0.05, 0) is 20.0 Å². The second-order valence-corrected chi connectivity index (χ2v) is 3.93. The molecule has 0 fully saturated rings. The second-order valence-electron chi connectivity index (χ2n) is 1.50. The standard InChI is InChI=1S/C4H12OSi/c1-4-5-6(2)3/h6H,4H2,1-3H3/p+1. The van der Waals surface area contributed by atoms with Crippen LogP contribution in [0.2, 0.25) is 13.1 Å². The highest BCUT2D eigenvalue weighted by Gasteiger charge is 1.87. The Morgan fingerprint density at radius 1 is 1.67 bits per heavy atom. The molecule has 0 N–H and O–H groups in total. The van der Waals surface area contributed by atoms with Gasteiger partial charge in [0.25, 0.3) is 0 Å². The van der Waals surface area contributed by atoms with Crippen LogP contribution in [0.25, 0.3) is 0 Å². The van der Waals surface area contributed by atoms with Crippen molar-refractivity contribution in [1.82, 2.24) is 0 Å². The Morgan fingerprint density at radius 3 is 2.17 bits per heavy atom. The van der Waals surface area contributed by atoms with Gasteiger partial charge in [0.2, 0.25) is 0 Å². The summed E-state index contributed by atoms with van der Waals surface area (Å²) in [5.74, 6) is 0. The first-order chi connectivity index (χ1) is 2.77. The minimum Gasteiger partial charge on any atom is -0.421 e. The molecular weight excluding hydrogens is 92.1 g/mol. The van der Waals surface area contributed by atoms with E-state index in [-0.39, 0.29) is 1.43 Å². The molecule has 0 aliphatic heterocycles. The fraction of sp³-hybridized carbons (Fsp3) is 1.00. The highest BCUT2D eigenvalue weighted by Crippen LogP contribution is 1.79. The molecule has 6 heavy (non-hydrogen) atoms. The molecule has 0 aromatic rings. The Kier molecular flexibility index (Phi) is 3.47. The van der Waals surface area contributed by atoms with Crippen LogP contribution < -0.4 is 0 Å². The molecule has 1 nitrogen and oxygen atoms in total. The van der Waals surface area contributed by atoms with E-state index in [0.29, 0.717) is 0 Å². The fourth-order valence-corrected chi connectivity index (χ4v) is 1.00. The molecule has 0 aliphatic rings. The van der Waals surface area contributed by atoms with Crippen molar-refractivity contribution in [1.29, 1.82) is 0 Å². The van der Waals surface area contributed by atoms with Crippen LogP contribution in [0.15, 0.2) is 0 Å². The number of hydrogen-bond donors (Lipinski definition) is 0. The van der Waals surface area contributed by atoms with Gasteiger partial charge < -0.3 is 4.43 Å². The Labute approximate surface area is 42.5 Å². The minimum atomic E-state index is -0.671. The molecular formula is C4H13OSi+. The topological polar surface area (TPSA) is 9.23 Å². The van der Waals surface area contributed by atoms with Crippen molar-refractivity contribution in [2.24, 2.45) is 0 Å². The second kappa shape index (κ2) is 3.37. The average molecular weight is 105 g/mol. The summed E-state index contributed by atoms with van der Waals surface area (Å²) in [4.78, 5) is 0. The highest BCUT2D eigenvalue weighted by atomic mass is 28.3. The first kappa shape index (κ1) is 6.18. The Hall–Kier alpha value is 0.177. The third kappa shape index (κ3) is 4.18. The predicted octanol–water partition coefficient (Wildman–Crippen LogP) is 1.12. The summed E-state index contributed by atoms with van der Waals surface area (Å²) < 4.78 is 5.18. The molecule has 0 aliphatic carbocycles. The highest BCUT2D eigenvalue weighted by molar-refractivity contribution is 6.48. The van der Waals surface area contributed by atoms with Gasteiger partial charge in [-0.3, -0.25) is 0 Å². The molecule has 0 saturated carbocycles. The quantitative estimate of drug-likeness (QED) is 0.478. The van der Waals surface area contributed by atoms with Gasteiger partial charge in [0.1, 0.15) is 0 Å². The van der Waals surface area contributed by atoms with Gasteiger partial charge in [-0.2, -0.15) is 0 Å². The Morgan fingerprint density at radius 2 is 2.17 bits per heavy atom. The Bertz CT molecular complexity index is 32.9. The lowest BCUT2D eigenvalue weighted by Gasteiger charge is -1.98. The molecule has 0 rings (SSSR count). The van der Waals surface area contributed by atoms with Gasteiger partial charge in [-0.15, -0.1) is 0 Å². The van der Waals surface area contributed by atoms with Crippen LogP contribution in [0.3, 0.4) is 0 Å². The molecule has 0 atom stereocenters. The molecule has 0 aromatic carbocycles. The van der Waals surface area contributed by atoms with E-state index in [1.54, 1.807) is 0 Å². The lowest BCUT2D eigenvalue weighted by molar-refractivity contribution is 0.350. The van der Waals surface area contributed by atoms with Crippen LogP contribution in [0, 0.1) is 0 Å². The van der Waals surface area contributed by atoms with Crippen LogP contribution in [0.5, 0.6) is 0 Å². The summed E-state index contributed by atoms with van der Waals surface area (Å²) in [6, 6.07) is 0. The molecule has 0 heterocycles. The van der Waals surface area contributed by atoms with Crippen molar-refractivity contribution in [2.45, 2.75) is 20.0 Å². The molecule has 0 unspecified atom stereocenters. The fourth-order valence-electron chi connectivity index (χ4n) is 0.333. The van der Waals surface area contributed by atoms with Crippen LogP contribution >= 0.6 is 0 Å². The van der Waals surface area contributed by atoms with Crippen LogP contribution in [-0.2, 0) is 4.43 Å². The summed E-state index contributed by atoms with van der Waals surface area (Å²) in [6.45, 7) is 7.27. The van der Waals surface area contributed by atoms with E-state index >= 15 is 0 Å². The van der Waals surface area contributed by atoms with Crippen molar-refractivity contribution in [3.8, 4) is 0 Å². The zero-order chi connectivity index (χ0) is 4.99. The van der Waals surface area contributed by atoms with E-state index in [2.05, 4.69) is 13.1 Å². The third-order valence-electron chi connectivity index (χ3n) is 0.500. The molecule has 0 saturated heterocycles. The van der Waals surface area contributed by atoms with E-state index in [1.807, 2.05) is 6.92 Å². The largest absolute Gasteiger partial charge is 1.00 e. The van der Waals surface area contributed by atoms with Crippen LogP contribution in [0.1, 0.15) is 8.35 Å². The third-order valence-corrected chi connectivity index (χ3v) is 1.50. The van der Waals surface area contributed by atoms with Crippen LogP contribution in [-0.4, -0.2) is 15.6 Å². The van der Waals surface area contributed by atoms with E-state index in [9.17, 15) is 0 Å². The van der Waals surface area contributed by atoms with Gasteiger partial charge in [-0.1, -0.05) is 0 Å². The first-order valence-corrected chi connectivity index (χ1v) is 5.17. The van der Waals surface area contributed by atoms with Crippen molar-refractivity contribution < 1.29 is 5.85 Å². The predicted molar refractivity (Wildman–Crippen MR) is 31.6 cm³/mol. The van der Waals surface area contributed by atoms with Gasteiger partial charge in [-0.25, -0.2) is 0 Å². The first-order valence-electron chi connectivity index (χ1n) is 2.39. The summed E-state index contributed by atoms with van der Waals surface area (Å²) in [5.41, 5.74) is 0. The van der Waals surface area contributed by atoms with Gasteiger partial charge in [0, 0.05) is 6.61 Å². The summed E-state index contributed by atoms with van der Waals surface area (Å²) >= 11 is 0. The molecule has 38 valence electrons. The molecule has 2 heteroatoms. The summed E-state index contributed by atoms with van der Waals surface area (Å²) in [7, 11) is -0.671. The molecule has 0 spiro atoms. The molecule has 0 amide bonds. The maximum Gasteiger partial charge on any atom is 1.00 e. The molecule has 0 aromatic heterocycles. The van der Waals surface area contributed by atoms with E-state index in [0.717, 1.165) is 6.61 Å². The van der Waals surface area contributed by atoms with Gasteiger partial charge >= 0.3 is 1.43 Å². The van der Waals surface area contributed by atoms with Crippen LogP contribution in [0.4, 0.5) is 0 Å². The molecule has 0 bridgehead atoms. The summed E-state index contributed by atoms with van der Waals surface area (Å²) in [5, 5.41) is 0. The van der Waals surface area contributed by atoms with Crippen molar-refractivity contribution in [2.75, 3.05) is 6.61 Å². The van der Waals surface area contributed by atoms with E-state index < -0.39 is 9.04 Å². The smallest absolute Gasteiger partial charge is 0.421 e.